The van der Waals surface area contributed by atoms with E-state index in [1.54, 1.807) is 30.3 Å². The Morgan fingerprint density at radius 1 is 0.893 bits per heavy atom. The SMILES string of the molecule is CC(=O)O[C@@H]1[C@@H](OC(C)=O)[C@H](c2ccccc2)N2C(=O)OC[C@@H]2[C@H]1OC(C)=O. The van der Waals surface area contributed by atoms with Crippen LogP contribution in [0.3, 0.4) is 0 Å². The average molecular weight is 391 g/mol. The van der Waals surface area contributed by atoms with Crippen LogP contribution in [-0.2, 0) is 33.3 Å². The molecule has 150 valence electrons. The summed E-state index contributed by atoms with van der Waals surface area (Å²) in [6.07, 6.45) is -3.87. The molecule has 2 saturated heterocycles. The van der Waals surface area contributed by atoms with Gasteiger partial charge in [0, 0.05) is 20.8 Å². The molecule has 0 saturated carbocycles. The van der Waals surface area contributed by atoms with Gasteiger partial charge in [-0.3, -0.25) is 19.3 Å². The normalized spacial score (nSPS) is 28.8. The third-order valence-corrected chi connectivity index (χ3v) is 4.63. The average Bonchev–Trinajstić information content (AvgIpc) is 2.99. The van der Waals surface area contributed by atoms with E-state index >= 15 is 0 Å². The van der Waals surface area contributed by atoms with Crippen molar-refractivity contribution in [2.75, 3.05) is 6.61 Å². The minimum absolute atomic E-state index is 0.0509. The number of benzene rings is 1. The Kier molecular flexibility index (Phi) is 5.53. The Bertz CT molecular complexity index is 779. The second kappa shape index (κ2) is 7.87. The van der Waals surface area contributed by atoms with Crippen LogP contribution in [0, 0.1) is 0 Å². The lowest BCUT2D eigenvalue weighted by atomic mass is 9.84. The number of amides is 1. The highest BCUT2D eigenvalue weighted by Gasteiger charge is 2.59. The Balaban J connectivity index is 2.13. The standard InChI is InChI=1S/C19H21NO8/c1-10(21)26-16-14-9-25-19(24)20(14)15(13-7-5-4-6-8-13)17(27-11(2)22)18(16)28-12(3)23/h4-8,14-18H,9H2,1-3H3/t14-,15+,16-,17+,18+/m1/s1. The van der Waals surface area contributed by atoms with Crippen molar-refractivity contribution in [3.05, 3.63) is 35.9 Å². The smallest absolute Gasteiger partial charge is 0.410 e. The van der Waals surface area contributed by atoms with Crippen molar-refractivity contribution in [2.45, 2.75) is 51.2 Å². The number of rotatable bonds is 4. The molecule has 1 aromatic rings. The molecular formula is C19H21NO8. The maximum absolute atomic E-state index is 12.5. The van der Waals surface area contributed by atoms with E-state index in [0.717, 1.165) is 0 Å². The number of cyclic esters (lactones) is 1. The summed E-state index contributed by atoms with van der Waals surface area (Å²) in [7, 11) is 0. The first-order valence-electron chi connectivity index (χ1n) is 8.81. The van der Waals surface area contributed by atoms with E-state index in [2.05, 4.69) is 0 Å². The summed E-state index contributed by atoms with van der Waals surface area (Å²) in [5, 5.41) is 0. The molecule has 0 spiro atoms. The fourth-order valence-electron chi connectivity index (χ4n) is 3.75. The molecule has 0 radical (unpaired) electrons. The molecule has 2 heterocycles. The molecule has 9 nitrogen and oxygen atoms in total. The number of carbonyl (C=O) groups excluding carboxylic acids is 4. The first-order valence-corrected chi connectivity index (χ1v) is 8.81. The summed E-state index contributed by atoms with van der Waals surface area (Å²) in [6, 6.07) is 7.41. The fourth-order valence-corrected chi connectivity index (χ4v) is 3.75. The summed E-state index contributed by atoms with van der Waals surface area (Å²) >= 11 is 0. The van der Waals surface area contributed by atoms with E-state index in [-0.39, 0.29) is 6.61 Å². The van der Waals surface area contributed by atoms with E-state index in [9.17, 15) is 19.2 Å². The van der Waals surface area contributed by atoms with Crippen LogP contribution in [-0.4, -0.2) is 59.9 Å². The largest absolute Gasteiger partial charge is 0.456 e. The second-order valence-corrected chi connectivity index (χ2v) is 6.63. The predicted octanol–water partition coefficient (Wildman–Crippen LogP) is 1.36. The number of fused-ring (bicyclic) bond motifs is 1. The Hall–Kier alpha value is -3.10. The lowest BCUT2D eigenvalue weighted by Gasteiger charge is -2.47. The van der Waals surface area contributed by atoms with Crippen molar-refractivity contribution in [1.82, 2.24) is 4.90 Å². The van der Waals surface area contributed by atoms with Gasteiger partial charge in [-0.05, 0) is 5.56 Å². The minimum Gasteiger partial charge on any atom is -0.456 e. The molecular weight excluding hydrogens is 370 g/mol. The minimum atomic E-state index is -1.11. The van der Waals surface area contributed by atoms with Crippen LogP contribution >= 0.6 is 0 Å². The molecule has 0 aromatic heterocycles. The molecule has 3 rings (SSSR count). The van der Waals surface area contributed by atoms with Crippen LogP contribution in [0.25, 0.3) is 0 Å². The summed E-state index contributed by atoms with van der Waals surface area (Å²) in [5.41, 5.74) is 0.663. The van der Waals surface area contributed by atoms with Gasteiger partial charge in [-0.25, -0.2) is 4.79 Å². The van der Waals surface area contributed by atoms with E-state index in [4.69, 9.17) is 18.9 Å². The second-order valence-electron chi connectivity index (χ2n) is 6.63. The van der Waals surface area contributed by atoms with Gasteiger partial charge in [0.25, 0.3) is 0 Å². The van der Waals surface area contributed by atoms with E-state index in [1.807, 2.05) is 0 Å². The number of carbonyl (C=O) groups is 4. The zero-order valence-electron chi connectivity index (χ0n) is 15.7. The van der Waals surface area contributed by atoms with E-state index < -0.39 is 54.4 Å². The topological polar surface area (TPSA) is 108 Å². The highest BCUT2D eigenvalue weighted by Crippen LogP contribution is 2.42. The summed E-state index contributed by atoms with van der Waals surface area (Å²) in [4.78, 5) is 49.1. The first-order chi connectivity index (χ1) is 13.3. The molecule has 0 aliphatic carbocycles. The zero-order valence-corrected chi connectivity index (χ0v) is 15.7. The van der Waals surface area contributed by atoms with Gasteiger partial charge in [0.1, 0.15) is 18.7 Å². The zero-order chi connectivity index (χ0) is 20.4. The predicted molar refractivity (Wildman–Crippen MR) is 92.8 cm³/mol. The summed E-state index contributed by atoms with van der Waals surface area (Å²) < 4.78 is 21.5. The third kappa shape index (κ3) is 3.78. The number of piperidine rings is 1. The van der Waals surface area contributed by atoms with Gasteiger partial charge < -0.3 is 18.9 Å². The molecule has 0 bridgehead atoms. The highest BCUT2D eigenvalue weighted by molar-refractivity contribution is 5.73. The quantitative estimate of drug-likeness (QED) is 0.559. The lowest BCUT2D eigenvalue weighted by Crippen LogP contribution is -2.64. The molecule has 0 N–H and O–H groups in total. The van der Waals surface area contributed by atoms with Crippen LogP contribution in [0.5, 0.6) is 0 Å². The molecule has 2 fully saturated rings. The monoisotopic (exact) mass is 391 g/mol. The van der Waals surface area contributed by atoms with Crippen molar-refractivity contribution in [1.29, 1.82) is 0 Å². The highest BCUT2D eigenvalue weighted by atomic mass is 16.6. The Morgan fingerprint density at radius 3 is 2.00 bits per heavy atom. The van der Waals surface area contributed by atoms with Crippen molar-refractivity contribution in [3.8, 4) is 0 Å². The third-order valence-electron chi connectivity index (χ3n) is 4.63. The molecule has 28 heavy (non-hydrogen) atoms. The number of hydrogen-bond acceptors (Lipinski definition) is 8. The fraction of sp³-hybridized carbons (Fsp3) is 0.474. The van der Waals surface area contributed by atoms with Crippen LogP contribution in [0.4, 0.5) is 4.79 Å². The van der Waals surface area contributed by atoms with Gasteiger partial charge in [-0.15, -0.1) is 0 Å². The summed E-state index contributed by atoms with van der Waals surface area (Å²) in [5.74, 6) is -1.89. The van der Waals surface area contributed by atoms with Crippen molar-refractivity contribution >= 4 is 24.0 Å². The van der Waals surface area contributed by atoms with Crippen LogP contribution in [0.15, 0.2) is 30.3 Å². The van der Waals surface area contributed by atoms with Gasteiger partial charge in [-0.1, -0.05) is 30.3 Å². The van der Waals surface area contributed by atoms with Crippen molar-refractivity contribution in [3.63, 3.8) is 0 Å². The number of nitrogens with zero attached hydrogens (tertiary/aromatic N) is 1. The van der Waals surface area contributed by atoms with Crippen LogP contribution in [0.1, 0.15) is 32.4 Å². The Labute approximate surface area is 161 Å². The number of hydrogen-bond donors (Lipinski definition) is 0. The van der Waals surface area contributed by atoms with Crippen LogP contribution < -0.4 is 0 Å². The maximum atomic E-state index is 12.5. The van der Waals surface area contributed by atoms with E-state index in [1.165, 1.54) is 25.7 Å². The Morgan fingerprint density at radius 2 is 1.43 bits per heavy atom. The van der Waals surface area contributed by atoms with Gasteiger partial charge in [-0.2, -0.15) is 0 Å². The van der Waals surface area contributed by atoms with Crippen LogP contribution in [0.2, 0.25) is 0 Å². The van der Waals surface area contributed by atoms with Crippen molar-refractivity contribution in [2.24, 2.45) is 0 Å². The maximum Gasteiger partial charge on any atom is 0.410 e. The van der Waals surface area contributed by atoms with Gasteiger partial charge >= 0.3 is 24.0 Å². The first kappa shape index (κ1) is 19.7. The molecule has 5 atom stereocenters. The van der Waals surface area contributed by atoms with E-state index in [0.29, 0.717) is 5.56 Å². The molecule has 2 aliphatic rings. The van der Waals surface area contributed by atoms with Crippen molar-refractivity contribution < 1.29 is 38.1 Å². The number of ether oxygens (including phenoxy) is 4. The molecule has 1 aromatic carbocycles. The van der Waals surface area contributed by atoms with Gasteiger partial charge in [0.2, 0.25) is 0 Å². The molecule has 0 unspecified atom stereocenters. The molecule has 2 aliphatic heterocycles. The number of esters is 3. The lowest BCUT2D eigenvalue weighted by molar-refractivity contribution is -0.207. The molecule has 1 amide bonds. The van der Waals surface area contributed by atoms with Gasteiger partial charge in [0.15, 0.2) is 18.3 Å². The van der Waals surface area contributed by atoms with Gasteiger partial charge in [0.05, 0.1) is 0 Å². The summed E-state index contributed by atoms with van der Waals surface area (Å²) in [6.45, 7) is 3.57. The molecule has 9 heteroatoms.